The molecule has 0 atom stereocenters. The second kappa shape index (κ2) is 27.4. The minimum atomic E-state index is 0.968. The van der Waals surface area contributed by atoms with Crippen LogP contribution in [0.1, 0.15) is 100 Å². The number of aryl methyl sites for hydroxylation is 17. The molecule has 0 radical (unpaired) electrons. The summed E-state index contributed by atoms with van der Waals surface area (Å²) in [4.78, 5) is 36.5. The van der Waals surface area contributed by atoms with E-state index in [-0.39, 0.29) is 0 Å². The van der Waals surface area contributed by atoms with Crippen LogP contribution in [0.3, 0.4) is 0 Å². The minimum Gasteiger partial charge on any atom is -0.253 e. The van der Waals surface area contributed by atoms with Gasteiger partial charge in [0, 0.05) is 61.7 Å². The lowest BCUT2D eigenvalue weighted by atomic mass is 9.99. The van der Waals surface area contributed by atoms with Crippen LogP contribution in [0.4, 0.5) is 0 Å². The van der Waals surface area contributed by atoms with Crippen molar-refractivity contribution >= 4 is 109 Å². The molecule has 0 aliphatic carbocycles. The number of nitrogens with zero attached hydrogens (tertiary/aromatic N) is 8. The van der Waals surface area contributed by atoms with Gasteiger partial charge in [-0.05, 0) is 286 Å². The third-order valence-corrected chi connectivity index (χ3v) is 19.0. The van der Waals surface area contributed by atoms with Crippen molar-refractivity contribution < 1.29 is 0 Å². The maximum absolute atomic E-state index is 4.80. The Morgan fingerprint density at radius 2 is 0.702 bits per heavy atom. The topological polar surface area (TPSA) is 103 Å². The molecular weight excluding hydrogens is 1150 g/mol. The molecule has 16 aromatic rings. The average molecular weight is 1230 g/mol. The van der Waals surface area contributed by atoms with E-state index in [4.69, 9.17) is 19.9 Å². The van der Waals surface area contributed by atoms with Gasteiger partial charge in [-0.1, -0.05) is 96.6 Å². The summed E-state index contributed by atoms with van der Waals surface area (Å²) in [6.07, 6.45) is 5.28. The van der Waals surface area contributed by atoms with Crippen molar-refractivity contribution in [1.29, 1.82) is 0 Å². The summed E-state index contributed by atoms with van der Waals surface area (Å²) in [5.74, 6) is 0. The Bertz CT molecular complexity index is 5580. The molecule has 6 heterocycles. The number of fused-ring (bicyclic) bond motifs is 10. The van der Waals surface area contributed by atoms with Crippen LogP contribution in [0.2, 0.25) is 0 Å². The molecule has 0 N–H and O–H groups in total. The van der Waals surface area contributed by atoms with Crippen molar-refractivity contribution in [3.05, 3.63) is 283 Å². The van der Waals surface area contributed by atoms with Crippen LogP contribution < -0.4 is 0 Å². The van der Waals surface area contributed by atoms with Gasteiger partial charge in [0.1, 0.15) is 0 Å². The summed E-state index contributed by atoms with van der Waals surface area (Å²) < 4.78 is 0. The number of aromatic nitrogens is 8. The van der Waals surface area contributed by atoms with Crippen LogP contribution in [0.15, 0.2) is 182 Å². The monoisotopic (exact) mass is 1230 g/mol. The van der Waals surface area contributed by atoms with Crippen LogP contribution in [0, 0.1) is 125 Å². The maximum Gasteiger partial charge on any atom is 0.0918 e. The van der Waals surface area contributed by atoms with E-state index < -0.39 is 0 Å². The van der Waals surface area contributed by atoms with Crippen molar-refractivity contribution in [3.63, 3.8) is 0 Å². The molecular formula is C86H84N8. The second-order valence-electron chi connectivity index (χ2n) is 25.7. The van der Waals surface area contributed by atoms with Crippen LogP contribution in [-0.2, 0) is 0 Å². The highest BCUT2D eigenvalue weighted by molar-refractivity contribution is 6.00. The van der Waals surface area contributed by atoms with E-state index in [2.05, 4.69) is 289 Å². The number of hydrogen-bond acceptors (Lipinski definition) is 8. The molecule has 8 nitrogen and oxygen atoms in total. The number of benzene rings is 10. The van der Waals surface area contributed by atoms with E-state index >= 15 is 0 Å². The van der Waals surface area contributed by atoms with Crippen molar-refractivity contribution in [1.82, 2.24) is 39.9 Å². The summed E-state index contributed by atoms with van der Waals surface area (Å²) >= 11 is 0. The van der Waals surface area contributed by atoms with Gasteiger partial charge in [-0.3, -0.25) is 15.0 Å². The number of rotatable bonds is 0. The van der Waals surface area contributed by atoms with E-state index in [0.717, 1.165) is 71.9 Å². The lowest BCUT2D eigenvalue weighted by Gasteiger charge is -2.10. The predicted octanol–water partition coefficient (Wildman–Crippen LogP) is 22.4. The number of pyridine rings is 4. The first-order chi connectivity index (χ1) is 45.0. The summed E-state index contributed by atoms with van der Waals surface area (Å²) in [5, 5.41) is 9.94. The first kappa shape index (κ1) is 65.1. The number of para-hydroxylation sites is 2. The van der Waals surface area contributed by atoms with E-state index in [9.17, 15) is 0 Å². The number of hydrogen-bond donors (Lipinski definition) is 0. The summed E-state index contributed by atoms with van der Waals surface area (Å²) in [5.41, 5.74) is 35.8. The zero-order valence-corrected chi connectivity index (χ0v) is 57.9. The van der Waals surface area contributed by atoms with Crippen LogP contribution in [-0.4, -0.2) is 39.9 Å². The Morgan fingerprint density at radius 3 is 1.36 bits per heavy atom. The Hall–Kier alpha value is -10.4. The van der Waals surface area contributed by atoms with Gasteiger partial charge in [0.25, 0.3) is 0 Å². The van der Waals surface area contributed by atoms with Crippen molar-refractivity contribution in [2.45, 2.75) is 125 Å². The van der Waals surface area contributed by atoms with Crippen LogP contribution in [0.5, 0.6) is 0 Å². The fourth-order valence-corrected chi connectivity index (χ4v) is 12.2. The van der Waals surface area contributed by atoms with Gasteiger partial charge in [0.15, 0.2) is 0 Å². The molecule has 0 fully saturated rings. The third-order valence-electron chi connectivity index (χ3n) is 19.0. The fourth-order valence-electron chi connectivity index (χ4n) is 12.2. The van der Waals surface area contributed by atoms with E-state index in [1.807, 2.05) is 19.1 Å². The Balaban J connectivity index is 0.000000115. The van der Waals surface area contributed by atoms with Crippen molar-refractivity contribution in [2.75, 3.05) is 0 Å². The second-order valence-corrected chi connectivity index (χ2v) is 25.7. The van der Waals surface area contributed by atoms with Gasteiger partial charge in [-0.25, -0.2) is 24.9 Å². The Morgan fingerprint density at radius 1 is 0.213 bits per heavy atom. The average Bonchev–Trinajstić information content (AvgIpc) is 0.799. The van der Waals surface area contributed by atoms with Gasteiger partial charge >= 0.3 is 0 Å². The molecule has 6 aromatic heterocycles. The van der Waals surface area contributed by atoms with Crippen molar-refractivity contribution in [3.8, 4) is 0 Å². The Labute approximate surface area is 553 Å². The van der Waals surface area contributed by atoms with E-state index in [1.54, 1.807) is 18.6 Å². The molecule has 94 heavy (non-hydrogen) atoms. The van der Waals surface area contributed by atoms with Gasteiger partial charge in [0.05, 0.1) is 71.9 Å². The molecule has 0 amide bonds. The molecule has 0 aliphatic rings. The predicted molar refractivity (Wildman–Crippen MR) is 401 cm³/mol. The van der Waals surface area contributed by atoms with Gasteiger partial charge in [0.2, 0.25) is 0 Å². The summed E-state index contributed by atoms with van der Waals surface area (Å²) in [6.45, 7) is 38.2. The zero-order valence-electron chi connectivity index (χ0n) is 57.9. The fraction of sp³-hybridized carbons (Fsp3) is 0.209. The lowest BCUT2D eigenvalue weighted by molar-refractivity contribution is 1.17. The lowest BCUT2D eigenvalue weighted by Crippen LogP contribution is -1.92. The van der Waals surface area contributed by atoms with Gasteiger partial charge in [-0.2, -0.15) is 0 Å². The molecule has 8 heteroatoms. The highest BCUT2D eigenvalue weighted by atomic mass is 14.8. The molecule has 0 bridgehead atoms. The summed E-state index contributed by atoms with van der Waals surface area (Å²) in [6, 6.07) is 57.7. The molecule has 0 unspecified atom stereocenters. The molecule has 468 valence electrons. The van der Waals surface area contributed by atoms with Gasteiger partial charge in [-0.15, -0.1) is 0 Å². The molecule has 0 saturated carbocycles. The Kier molecular flexibility index (Phi) is 19.0. The quantitative estimate of drug-likeness (QED) is 0.138. The molecule has 16 rings (SSSR count). The molecule has 10 aromatic carbocycles. The standard InChI is InChI=1S/4C16H15N.2C11H12N2/c1-10-4-7-15-14(8-10)9-13-6-5-11(2)12(3)16(13)17-15;1-10-4-6-13-9-14-7-5-11(2)12(3)16(14)17-15(13)8-10;1-10-8-14-12(3)13-6-4-5-7-15(13)17-16(14)9-11(10)2;1-10-8-9-14-12(3)13-6-4-5-7-15(13)17-16(14)11(10)2;1-7-4-10-11(5-8(7)2)13-9(3)6-12-10;1-7-6-10-11(9(3)8(7)2)13-5-4-12-10/h4*4-9H,1-3H3;2*4-6H,1-3H3. The van der Waals surface area contributed by atoms with Crippen LogP contribution >= 0.6 is 0 Å². The first-order valence-corrected chi connectivity index (χ1v) is 32.5. The molecule has 0 saturated heterocycles. The molecule has 0 spiro atoms. The van der Waals surface area contributed by atoms with Crippen molar-refractivity contribution in [2.24, 2.45) is 0 Å². The highest BCUT2D eigenvalue weighted by Crippen LogP contribution is 2.31. The largest absolute Gasteiger partial charge is 0.253 e. The SMILES string of the molecule is Cc1cc2nc3ccccc3c(C)c2cc1C.Cc1cc2nccnc2c(C)c1C.Cc1ccc2c(C)c3ccccc3nc2c1C.Cc1ccc2cc3ccc(C)c(C)c3nc2c1.Cc1ccc2nc3c(C)c(C)ccc3cc2c1.Cc1cnc2cc(C)c(C)cc2n1. The van der Waals surface area contributed by atoms with Gasteiger partial charge < -0.3 is 0 Å². The third kappa shape index (κ3) is 13.7. The first-order valence-electron chi connectivity index (χ1n) is 32.5. The maximum atomic E-state index is 4.80. The smallest absolute Gasteiger partial charge is 0.0918 e. The summed E-state index contributed by atoms with van der Waals surface area (Å²) in [7, 11) is 0. The highest BCUT2D eigenvalue weighted by Gasteiger charge is 2.12. The van der Waals surface area contributed by atoms with E-state index in [0.29, 0.717) is 0 Å². The normalized spacial score (nSPS) is 11.1. The zero-order chi connectivity index (χ0) is 66.8. The minimum absolute atomic E-state index is 0.968. The van der Waals surface area contributed by atoms with Crippen LogP contribution in [0.25, 0.3) is 109 Å². The molecule has 0 aliphatic heterocycles. The van der Waals surface area contributed by atoms with E-state index in [1.165, 1.54) is 138 Å².